The van der Waals surface area contributed by atoms with Gasteiger partial charge in [-0.25, -0.2) is 0 Å². The molecule has 0 radical (unpaired) electrons. The van der Waals surface area contributed by atoms with E-state index in [1.807, 2.05) is 0 Å². The van der Waals surface area contributed by atoms with Gasteiger partial charge in [-0.1, -0.05) is 65.5 Å². The van der Waals surface area contributed by atoms with E-state index in [1.165, 1.54) is 0 Å². The zero-order valence-electron chi connectivity index (χ0n) is 61.4. The fourth-order valence-corrected chi connectivity index (χ4v) is 2.96. The van der Waals surface area contributed by atoms with Gasteiger partial charge in [-0.15, -0.1) is 0 Å². The molecule has 4 aliphatic rings. The number of aliphatic hydroxyl groups is 1. The van der Waals surface area contributed by atoms with Gasteiger partial charge in [-0.05, 0) is 103 Å². The third-order valence-electron chi connectivity index (χ3n) is 4.42. The monoisotopic (exact) mass is 448 g/mol. The number of rotatable bonds is 5. The molecular formula is C28H48O. The summed E-state index contributed by atoms with van der Waals surface area (Å²) in [6.07, 6.45) is -62.4. The first-order valence-corrected chi connectivity index (χ1v) is 7.97. The van der Waals surface area contributed by atoms with E-state index < -0.39 is 175 Å². The summed E-state index contributed by atoms with van der Waals surface area (Å²) < 4.78 is 420. The zero-order valence-corrected chi connectivity index (χ0v) is 14.4. The predicted molar refractivity (Wildman–Crippen MR) is 124 cm³/mol. The maximum atomic E-state index is 11.2. The molecule has 0 spiro atoms. The molecule has 9 atom stereocenters. The van der Waals surface area contributed by atoms with Gasteiger partial charge in [0.1, 0.15) is 0 Å². The summed E-state index contributed by atoms with van der Waals surface area (Å²) in [4.78, 5) is 0. The van der Waals surface area contributed by atoms with E-state index in [2.05, 4.69) is 0 Å². The van der Waals surface area contributed by atoms with Crippen LogP contribution in [0, 0.1) is 52.1 Å². The number of fused-ring (bicyclic) bond motifs is 5. The second-order valence-electron chi connectivity index (χ2n) is 6.22. The van der Waals surface area contributed by atoms with E-state index in [0.717, 1.165) is 0 Å². The van der Waals surface area contributed by atoms with Crippen LogP contribution in [0.3, 0.4) is 0 Å². The van der Waals surface area contributed by atoms with E-state index in [0.29, 0.717) is 0 Å². The Bertz CT molecular complexity index is 2420. The SMILES string of the molecule is [2H]C1=C2C([2H])([2H])[C@@]([2H])(O)C([2H])([2H])C([2H])([2H])[C@]2(C([2H])([2H])[2H])[C@@]2([2H])C([2H])([2H])C([2H])([2H])[C@@]3(C([2H])([2H])[2H])[C@@]([2H])(C([2H])([2H])C([2H])([2H])[C@]3([2H])[C@]([2H])(C([2H])([2H])[2H])C([2H])([2H])C([2H])([2H])[C@]([2H])(C([2H])([2H])[2H])C([2H])(C([2H])([2H])[2H])C([2H])([2H])[2H])[C@]2([2H])C1([2H])[2H]. The van der Waals surface area contributed by atoms with Gasteiger partial charge in [0.2, 0.25) is 0 Å². The van der Waals surface area contributed by atoms with Crippen molar-refractivity contribution in [2.24, 2.45) is 52.1 Å². The molecule has 1 nitrogen and oxygen atoms in total. The first kappa shape index (κ1) is 3.56. The van der Waals surface area contributed by atoms with Crippen LogP contribution < -0.4 is 0 Å². The molecule has 3 fully saturated rings. The summed E-state index contributed by atoms with van der Waals surface area (Å²) >= 11 is 0. The Kier molecular flexibility index (Phi) is 0.980. The van der Waals surface area contributed by atoms with Crippen LogP contribution in [0.25, 0.3) is 0 Å². The molecule has 0 bridgehead atoms. The molecule has 0 aliphatic heterocycles. The molecule has 4 rings (SSSR count). The van der Waals surface area contributed by atoms with E-state index in [1.54, 1.807) is 0 Å². The largest absolute Gasteiger partial charge is 0.393 e. The highest BCUT2D eigenvalue weighted by Gasteiger charge is 2.59. The van der Waals surface area contributed by atoms with Crippen molar-refractivity contribution in [3.63, 3.8) is 0 Å². The van der Waals surface area contributed by atoms with E-state index in [9.17, 15) is 28.4 Å². The minimum absolute atomic E-state index is 2.82. The van der Waals surface area contributed by atoms with Crippen LogP contribution in [0.15, 0.2) is 11.6 Å². The van der Waals surface area contributed by atoms with Crippen molar-refractivity contribution >= 4 is 0 Å². The van der Waals surface area contributed by atoms with E-state index in [-0.39, 0.29) is 0 Å². The molecule has 0 aromatic rings. The Morgan fingerprint density at radius 3 is 2.90 bits per heavy atom. The first-order chi connectivity index (χ1) is 32.0. The molecule has 0 unspecified atom stereocenters. The maximum absolute atomic E-state index is 11.2. The van der Waals surface area contributed by atoms with Crippen LogP contribution >= 0.6 is 0 Å². The van der Waals surface area contributed by atoms with Crippen molar-refractivity contribution < 1.29 is 69.5 Å². The minimum Gasteiger partial charge on any atom is -0.393 e. The Labute approximate surface area is 247 Å². The van der Waals surface area contributed by atoms with Gasteiger partial charge in [0.25, 0.3) is 0 Å². The van der Waals surface area contributed by atoms with Gasteiger partial charge >= 0.3 is 0 Å². The predicted octanol–water partition coefficient (Wildman–Crippen LogP) is 7.63. The molecule has 0 heterocycles. The van der Waals surface area contributed by atoms with Gasteiger partial charge in [0.05, 0.1) is 8.82 Å². The van der Waals surface area contributed by atoms with E-state index >= 15 is 0 Å². The van der Waals surface area contributed by atoms with Gasteiger partial charge in [-0.2, -0.15) is 0 Å². The molecule has 0 aromatic carbocycles. The second-order valence-corrected chi connectivity index (χ2v) is 6.22. The summed E-state index contributed by atoms with van der Waals surface area (Å²) in [5, 5.41) is 11.2. The highest BCUT2D eigenvalue weighted by Crippen LogP contribution is 2.67. The van der Waals surface area contributed by atoms with Crippen LogP contribution in [-0.4, -0.2) is 11.2 Å². The van der Waals surface area contributed by atoms with Gasteiger partial charge in [-0.3, -0.25) is 0 Å². The van der Waals surface area contributed by atoms with Crippen LogP contribution in [0.4, 0.5) is 0 Å². The maximum Gasteiger partial charge on any atom is 0.0604 e. The van der Waals surface area contributed by atoms with Gasteiger partial charge in [0, 0.05) is 61.7 Å². The normalized spacial score (nSPS) is 103. The summed E-state index contributed by atoms with van der Waals surface area (Å²) in [5.74, 6) is -42.6. The zero-order chi connectivity index (χ0) is 62.2. The van der Waals surface area contributed by atoms with Crippen molar-refractivity contribution in [3.8, 4) is 0 Å². The summed E-state index contributed by atoms with van der Waals surface area (Å²) in [7, 11) is 0. The number of hydrogen-bond acceptors (Lipinski definition) is 1. The van der Waals surface area contributed by atoms with Gasteiger partial charge in [0.15, 0.2) is 0 Å². The lowest BCUT2D eigenvalue weighted by Gasteiger charge is -2.58. The minimum atomic E-state index is -6.47. The third kappa shape index (κ3) is 3.66. The van der Waals surface area contributed by atoms with Crippen LogP contribution in [0.1, 0.15) is 169 Å². The highest BCUT2D eigenvalue weighted by molar-refractivity contribution is 5.25. The van der Waals surface area contributed by atoms with E-state index in [4.69, 9.17) is 41.1 Å². The molecule has 29 heavy (non-hydrogen) atoms. The highest BCUT2D eigenvalue weighted by atomic mass is 16.3. The molecule has 1 heteroatoms. The van der Waals surface area contributed by atoms with Crippen molar-refractivity contribution in [3.05, 3.63) is 11.6 Å². The number of allylic oxidation sites excluding steroid dienone is 1. The molecule has 0 amide bonds. The first-order valence-electron chi connectivity index (χ1n) is 31.5. The lowest BCUT2D eigenvalue weighted by atomic mass is 9.47. The Morgan fingerprint density at radius 2 is 2.14 bits per heavy atom. The fourth-order valence-electron chi connectivity index (χ4n) is 2.96. The van der Waals surface area contributed by atoms with Crippen LogP contribution in [0.5, 0.6) is 0 Å². The topological polar surface area (TPSA) is 20.2 Å². The lowest BCUT2D eigenvalue weighted by Crippen LogP contribution is -2.50. The molecular weight excluding hydrogens is 352 g/mol. The average molecular weight is 448 g/mol. The third-order valence-corrected chi connectivity index (χ3v) is 4.42. The lowest BCUT2D eigenvalue weighted by molar-refractivity contribution is -0.0574. The Hall–Kier alpha value is -0.300. The van der Waals surface area contributed by atoms with Crippen LogP contribution in [-0.2, 0) is 0 Å². The molecule has 0 saturated heterocycles. The quantitative estimate of drug-likeness (QED) is 0.429. The summed E-state index contributed by atoms with van der Waals surface area (Å²) in [6, 6.07) is -2.91. The fraction of sp³-hybridized carbons (Fsp3) is 0.929. The van der Waals surface area contributed by atoms with Crippen molar-refractivity contribution in [2.75, 3.05) is 0 Å². The molecule has 1 N–H and O–H groups in total. The smallest absolute Gasteiger partial charge is 0.0604 e. The summed E-state index contributed by atoms with van der Waals surface area (Å²) in [6.45, 7) is -32.0. The van der Waals surface area contributed by atoms with Crippen LogP contribution in [0.2, 0.25) is 0 Å². The molecule has 3 saturated carbocycles. The molecule has 4 aliphatic carbocycles. The second kappa shape index (κ2) is 7.99. The van der Waals surface area contributed by atoms with Crippen molar-refractivity contribution in [1.82, 2.24) is 0 Å². The standard InChI is InChI=1S/C28H48O/c1-18(2)19(3)7-8-20(4)24-11-12-25-23-10-9-21-17-22(29)13-15-27(21,5)26(23)14-16-28(24,25)6/h9,18-20,22-26,29H,7-8,10-17H2,1-6H3/t19-,20+,22-,23-,24+,25-,26-,27-,28+/m0/s1/i1D3,2D3,3D3,4D3,5D3,6D3,7D2,8D2,9D,10D2,11D2,12D2,13D2,14D2,15D2,16D2,17D2,18D,19D,20D,22D,23D,24D,25D,26D. The Morgan fingerprint density at radius 1 is 1.21 bits per heavy atom. The van der Waals surface area contributed by atoms with Crippen molar-refractivity contribution in [2.45, 2.75) is 111 Å². The summed E-state index contributed by atoms with van der Waals surface area (Å²) in [5.41, 5.74) is -14.9. The molecule has 166 valence electrons. The van der Waals surface area contributed by atoms with Gasteiger partial charge < -0.3 is 5.11 Å². The number of hydrogen-bond donors (Lipinski definition) is 1. The Balaban J connectivity index is 2.72. The average Bonchev–Trinajstić information content (AvgIpc) is 3.24. The molecule has 0 aromatic heterocycles. The van der Waals surface area contributed by atoms with Crippen molar-refractivity contribution in [1.29, 1.82) is 0 Å².